The summed E-state index contributed by atoms with van der Waals surface area (Å²) in [6.45, 7) is 15.0. The van der Waals surface area contributed by atoms with Crippen LogP contribution in [0.4, 0.5) is 0 Å². The number of thiophene rings is 4. The fourth-order valence-corrected chi connectivity index (χ4v) is 15.1. The van der Waals surface area contributed by atoms with E-state index in [1.807, 2.05) is 34.0 Å². The summed E-state index contributed by atoms with van der Waals surface area (Å²) in [5, 5.41) is 0. The van der Waals surface area contributed by atoms with Gasteiger partial charge in [0.1, 0.15) is 0 Å². The number of unbranched alkanes of at least 4 members (excludes halogenated alkanes) is 24. The molecule has 4 nitrogen and oxygen atoms in total. The van der Waals surface area contributed by atoms with E-state index in [0.717, 1.165) is 39.5 Å². The van der Waals surface area contributed by atoms with Gasteiger partial charge in [0.05, 0.1) is 28.8 Å². The largest absolute Gasteiger partial charge is 0.477 e. The minimum Gasteiger partial charge on any atom is -0.477 e. The van der Waals surface area contributed by atoms with E-state index in [1.165, 1.54) is 239 Å². The highest BCUT2D eigenvalue weighted by Gasteiger charge is 2.23. The molecule has 6 heterocycles. The number of ether oxygens (including phenoxy) is 1. The van der Waals surface area contributed by atoms with Crippen molar-refractivity contribution in [2.45, 2.75) is 254 Å². The Kier molecular flexibility index (Phi) is 27.0. The zero-order chi connectivity index (χ0) is 50.8. The van der Waals surface area contributed by atoms with E-state index >= 15 is 4.79 Å². The second kappa shape index (κ2) is 33.3. The van der Waals surface area contributed by atoms with E-state index in [1.54, 1.807) is 11.3 Å². The molecule has 0 aliphatic heterocycles. The molecule has 398 valence electrons. The molecule has 0 saturated heterocycles. The van der Waals surface area contributed by atoms with Crippen molar-refractivity contribution in [3.63, 3.8) is 0 Å². The molecule has 2 atom stereocenters. The lowest BCUT2D eigenvalue weighted by atomic mass is 9.93. The Balaban J connectivity index is 1.34. The highest BCUT2D eigenvalue weighted by Crippen LogP contribution is 2.43. The molecule has 6 aromatic rings. The first-order valence-corrected chi connectivity index (χ1v) is 33.0. The molecule has 0 aliphatic carbocycles. The maximum atomic E-state index is 15.4. The number of fused-ring (bicyclic) bond motifs is 2. The van der Waals surface area contributed by atoms with Crippen LogP contribution in [-0.2, 0) is 6.54 Å². The Hall–Kier alpha value is -2.78. The minimum atomic E-state index is 0.121. The topological polar surface area (TPSA) is 44.1 Å². The van der Waals surface area contributed by atoms with Gasteiger partial charge < -0.3 is 9.30 Å². The molecule has 6 rings (SSSR count). The number of pyridine rings is 2. The normalized spacial score (nSPS) is 12.8. The molecule has 0 radical (unpaired) electrons. The quantitative estimate of drug-likeness (QED) is 0.0360. The summed E-state index contributed by atoms with van der Waals surface area (Å²) in [4.78, 5) is 28.3. The average Bonchev–Trinajstić information content (AvgIpc) is 4.20. The van der Waals surface area contributed by atoms with Crippen LogP contribution < -0.4 is 10.3 Å². The molecule has 0 bridgehead atoms. The lowest BCUT2D eigenvalue weighted by Gasteiger charge is -2.22. The van der Waals surface area contributed by atoms with E-state index in [2.05, 4.69) is 94.6 Å². The molecule has 0 aromatic carbocycles. The summed E-state index contributed by atoms with van der Waals surface area (Å²) >= 11 is 7.30. The fourth-order valence-electron chi connectivity index (χ4n) is 10.8. The molecule has 72 heavy (non-hydrogen) atoms. The second-order valence-corrected chi connectivity index (χ2v) is 26.4. The molecular weight excluding hydrogens is 957 g/mol. The van der Waals surface area contributed by atoms with E-state index in [4.69, 9.17) is 9.72 Å². The van der Waals surface area contributed by atoms with Crippen LogP contribution in [0.25, 0.3) is 51.1 Å². The van der Waals surface area contributed by atoms with Crippen molar-refractivity contribution >= 4 is 65.8 Å². The van der Waals surface area contributed by atoms with Crippen molar-refractivity contribution in [1.82, 2.24) is 9.55 Å². The zero-order valence-electron chi connectivity index (χ0n) is 46.2. The van der Waals surface area contributed by atoms with E-state index < -0.39 is 0 Å². The Morgan fingerprint density at radius 2 is 0.931 bits per heavy atom. The van der Waals surface area contributed by atoms with Gasteiger partial charge in [-0.15, -0.1) is 45.3 Å². The summed E-state index contributed by atoms with van der Waals surface area (Å²) in [6.07, 6.45) is 41.8. The van der Waals surface area contributed by atoms with Crippen molar-refractivity contribution < 1.29 is 4.74 Å². The Bertz CT molecular complexity index is 2430. The predicted molar refractivity (Wildman–Crippen MR) is 324 cm³/mol. The number of hydrogen-bond donors (Lipinski definition) is 0. The second-order valence-electron chi connectivity index (χ2n) is 21.7. The van der Waals surface area contributed by atoms with E-state index in [-0.39, 0.29) is 5.56 Å². The molecular formula is C64H96N2O2S4. The van der Waals surface area contributed by atoms with Gasteiger partial charge in [-0.05, 0) is 99.9 Å². The smallest absolute Gasteiger partial charge is 0.259 e. The molecule has 6 aromatic heterocycles. The molecule has 0 amide bonds. The van der Waals surface area contributed by atoms with Gasteiger partial charge in [0, 0.05) is 45.2 Å². The SMILES string of the molecule is CCCCCCCCCCC(CCCCCCCC)COc1nc2cc(-c3ccc(-c4cc5sc(C)cc5s4)s3)c(=O)n(CC(CCCCCCCC)CCCCCCCCCC)c2cc1-c1ccc(C)s1. The summed E-state index contributed by atoms with van der Waals surface area (Å²) in [7, 11) is 0. The van der Waals surface area contributed by atoms with E-state index in [9.17, 15) is 0 Å². The Morgan fingerprint density at radius 3 is 1.44 bits per heavy atom. The van der Waals surface area contributed by atoms with E-state index in [0.29, 0.717) is 18.4 Å². The number of nitrogens with zero attached hydrogens (tertiary/aromatic N) is 2. The highest BCUT2D eigenvalue weighted by molar-refractivity contribution is 7.31. The third-order valence-corrected chi connectivity index (χ3v) is 19.8. The van der Waals surface area contributed by atoms with Crippen LogP contribution in [0.15, 0.2) is 53.3 Å². The monoisotopic (exact) mass is 1050 g/mol. The molecule has 8 heteroatoms. The van der Waals surface area contributed by atoms with Crippen LogP contribution >= 0.6 is 45.3 Å². The minimum absolute atomic E-state index is 0.121. The van der Waals surface area contributed by atoms with Gasteiger partial charge in [-0.1, -0.05) is 207 Å². The third kappa shape index (κ3) is 19.1. The summed E-state index contributed by atoms with van der Waals surface area (Å²) < 4.78 is 12.0. The molecule has 0 saturated carbocycles. The van der Waals surface area contributed by atoms with Gasteiger partial charge in [0.2, 0.25) is 5.88 Å². The number of aryl methyl sites for hydroxylation is 2. The number of aromatic nitrogens is 2. The standard InChI is InChI=1S/C64H96N2O2S4/c1-7-11-15-19-23-25-29-32-36-51(35-31-27-21-17-13-9-3)47-66-56-45-53(57-40-39-49(5)69-57)63(68-48-52(37-33-28-22-18-14-10-4)38-34-30-26-24-20-16-12-8-2)65-55(56)44-54(64(66)67)58-41-42-59(71-58)61-46-62-60(72-61)43-50(6)70-62/h39-46,51-52H,7-38,47-48H2,1-6H3. The van der Waals surface area contributed by atoms with Crippen molar-refractivity contribution in [3.05, 3.63) is 68.6 Å². The summed E-state index contributed by atoms with van der Waals surface area (Å²) in [6, 6.07) is 18.0. The van der Waals surface area contributed by atoms with Gasteiger partial charge in [0.15, 0.2) is 0 Å². The Labute approximate surface area is 454 Å². The first kappa shape index (κ1) is 58.5. The van der Waals surface area contributed by atoms with Crippen LogP contribution in [0.5, 0.6) is 5.88 Å². The number of hydrogen-bond acceptors (Lipinski definition) is 7. The van der Waals surface area contributed by atoms with Crippen molar-refractivity contribution in [1.29, 1.82) is 0 Å². The molecule has 2 unspecified atom stereocenters. The van der Waals surface area contributed by atoms with Crippen molar-refractivity contribution in [2.24, 2.45) is 11.8 Å². The Morgan fingerprint density at radius 1 is 0.458 bits per heavy atom. The van der Waals surface area contributed by atoms with Gasteiger partial charge in [-0.2, -0.15) is 0 Å². The lowest BCUT2D eigenvalue weighted by molar-refractivity contribution is 0.218. The zero-order valence-corrected chi connectivity index (χ0v) is 49.4. The third-order valence-electron chi connectivity index (χ3n) is 15.3. The molecule has 0 aliphatic rings. The summed E-state index contributed by atoms with van der Waals surface area (Å²) in [5.74, 6) is 1.68. The lowest BCUT2D eigenvalue weighted by Crippen LogP contribution is -2.26. The highest BCUT2D eigenvalue weighted by atomic mass is 32.1. The molecule has 0 spiro atoms. The maximum absolute atomic E-state index is 15.4. The molecule has 0 N–H and O–H groups in total. The predicted octanol–water partition coefficient (Wildman–Crippen LogP) is 22.6. The fraction of sp³-hybridized carbons (Fsp3) is 0.656. The van der Waals surface area contributed by atoms with Gasteiger partial charge in [0.25, 0.3) is 5.56 Å². The summed E-state index contributed by atoms with van der Waals surface area (Å²) in [5.41, 5.74) is 3.76. The first-order valence-electron chi connectivity index (χ1n) is 29.7. The number of rotatable bonds is 40. The van der Waals surface area contributed by atoms with Gasteiger partial charge in [-0.25, -0.2) is 4.98 Å². The van der Waals surface area contributed by atoms with Crippen LogP contribution in [-0.4, -0.2) is 16.2 Å². The van der Waals surface area contributed by atoms with Gasteiger partial charge >= 0.3 is 0 Å². The van der Waals surface area contributed by atoms with Crippen LogP contribution in [0.2, 0.25) is 0 Å². The van der Waals surface area contributed by atoms with Gasteiger partial charge in [-0.3, -0.25) is 4.79 Å². The maximum Gasteiger partial charge on any atom is 0.259 e. The molecule has 0 fully saturated rings. The van der Waals surface area contributed by atoms with Crippen molar-refractivity contribution in [2.75, 3.05) is 6.61 Å². The van der Waals surface area contributed by atoms with Crippen LogP contribution in [0.1, 0.15) is 243 Å². The van der Waals surface area contributed by atoms with Crippen molar-refractivity contribution in [3.8, 4) is 36.5 Å². The average molecular weight is 1050 g/mol. The van der Waals surface area contributed by atoms with Crippen LogP contribution in [0.3, 0.4) is 0 Å². The first-order chi connectivity index (χ1) is 35.3. The van der Waals surface area contributed by atoms with Crippen LogP contribution in [0, 0.1) is 25.7 Å².